The van der Waals surface area contributed by atoms with Crippen LogP contribution in [-0.2, 0) is 10.0 Å². The van der Waals surface area contributed by atoms with Crippen molar-refractivity contribution in [3.05, 3.63) is 29.8 Å². The van der Waals surface area contributed by atoms with Crippen LogP contribution in [0.15, 0.2) is 29.2 Å². The summed E-state index contributed by atoms with van der Waals surface area (Å²) in [6.07, 6.45) is 0. The standard InChI is InChI=1S/C14H18N4O2S/c1-3-17-12(2)13-4-6-14(7-5-13)21(19,20)18(10-8-15)11-9-16/h4-7,12,17H,3,10-11H2,1-2H3. The number of sulfonamides is 1. The first-order valence-corrected chi connectivity index (χ1v) is 7.98. The van der Waals surface area contributed by atoms with Gasteiger partial charge in [-0.2, -0.15) is 14.8 Å². The number of rotatable bonds is 7. The van der Waals surface area contributed by atoms with Crippen LogP contribution >= 0.6 is 0 Å². The Morgan fingerprint density at radius 3 is 2.14 bits per heavy atom. The van der Waals surface area contributed by atoms with Crippen LogP contribution in [0.4, 0.5) is 0 Å². The van der Waals surface area contributed by atoms with Gasteiger partial charge in [-0.3, -0.25) is 0 Å². The molecule has 1 aromatic rings. The summed E-state index contributed by atoms with van der Waals surface area (Å²) in [5, 5.41) is 20.6. The second-order valence-corrected chi connectivity index (χ2v) is 6.38. The highest BCUT2D eigenvalue weighted by Crippen LogP contribution is 2.19. The Morgan fingerprint density at radius 2 is 1.71 bits per heavy atom. The van der Waals surface area contributed by atoms with E-state index in [1.54, 1.807) is 24.3 Å². The molecule has 0 heterocycles. The zero-order valence-electron chi connectivity index (χ0n) is 12.1. The van der Waals surface area contributed by atoms with Crippen molar-refractivity contribution in [1.29, 1.82) is 10.5 Å². The van der Waals surface area contributed by atoms with Gasteiger partial charge >= 0.3 is 0 Å². The molecule has 0 aliphatic heterocycles. The van der Waals surface area contributed by atoms with Gasteiger partial charge in [-0.1, -0.05) is 19.1 Å². The van der Waals surface area contributed by atoms with Gasteiger partial charge in [0.05, 0.1) is 17.0 Å². The lowest BCUT2D eigenvalue weighted by molar-refractivity contribution is 0.479. The van der Waals surface area contributed by atoms with E-state index in [0.717, 1.165) is 16.4 Å². The van der Waals surface area contributed by atoms with E-state index < -0.39 is 10.0 Å². The van der Waals surface area contributed by atoms with E-state index in [1.165, 1.54) is 12.1 Å². The lowest BCUT2D eigenvalue weighted by Crippen LogP contribution is -2.31. The molecule has 1 N–H and O–H groups in total. The highest BCUT2D eigenvalue weighted by molar-refractivity contribution is 7.89. The van der Waals surface area contributed by atoms with Crippen LogP contribution in [0.25, 0.3) is 0 Å². The minimum absolute atomic E-state index is 0.0837. The third-order valence-corrected chi connectivity index (χ3v) is 4.83. The second-order valence-electron chi connectivity index (χ2n) is 4.44. The maximum absolute atomic E-state index is 12.3. The van der Waals surface area contributed by atoms with Crippen molar-refractivity contribution >= 4 is 10.0 Å². The third kappa shape index (κ3) is 4.27. The van der Waals surface area contributed by atoms with Crippen molar-refractivity contribution in [2.45, 2.75) is 24.8 Å². The maximum atomic E-state index is 12.3. The smallest absolute Gasteiger partial charge is 0.244 e. The lowest BCUT2D eigenvalue weighted by Gasteiger charge is -2.17. The lowest BCUT2D eigenvalue weighted by atomic mass is 10.1. The number of hydrogen-bond acceptors (Lipinski definition) is 5. The predicted molar refractivity (Wildman–Crippen MR) is 78.5 cm³/mol. The van der Waals surface area contributed by atoms with Gasteiger partial charge in [0, 0.05) is 6.04 Å². The van der Waals surface area contributed by atoms with Crippen molar-refractivity contribution in [1.82, 2.24) is 9.62 Å². The minimum Gasteiger partial charge on any atom is -0.310 e. The minimum atomic E-state index is -3.81. The van der Waals surface area contributed by atoms with E-state index in [1.807, 2.05) is 13.8 Å². The number of benzene rings is 1. The van der Waals surface area contributed by atoms with Gasteiger partial charge in [0.2, 0.25) is 10.0 Å². The normalized spacial score (nSPS) is 12.6. The fourth-order valence-electron chi connectivity index (χ4n) is 1.89. The second kappa shape index (κ2) is 7.75. The Kier molecular flexibility index (Phi) is 6.32. The van der Waals surface area contributed by atoms with Gasteiger partial charge < -0.3 is 5.32 Å². The number of nitrogens with one attached hydrogen (secondary N) is 1. The molecule has 0 aliphatic carbocycles. The molecule has 0 spiro atoms. The molecule has 112 valence electrons. The van der Waals surface area contributed by atoms with Crippen LogP contribution in [0, 0.1) is 22.7 Å². The first kappa shape index (κ1) is 17.1. The Labute approximate surface area is 125 Å². The quantitative estimate of drug-likeness (QED) is 0.768. The van der Waals surface area contributed by atoms with Crippen LogP contribution in [-0.4, -0.2) is 32.4 Å². The summed E-state index contributed by atoms with van der Waals surface area (Å²) >= 11 is 0. The van der Waals surface area contributed by atoms with Crippen molar-refractivity contribution in [3.63, 3.8) is 0 Å². The molecule has 0 amide bonds. The van der Waals surface area contributed by atoms with Gasteiger partial charge in [-0.05, 0) is 31.2 Å². The molecule has 1 aromatic carbocycles. The summed E-state index contributed by atoms with van der Waals surface area (Å²) in [6.45, 7) is 4.12. The molecule has 0 saturated carbocycles. The monoisotopic (exact) mass is 306 g/mol. The Bertz CT molecular complexity index is 625. The molecule has 1 rings (SSSR count). The molecule has 1 unspecified atom stereocenters. The molecular formula is C14H18N4O2S. The molecule has 7 heteroatoms. The Balaban J connectivity index is 3.04. The number of hydrogen-bond donors (Lipinski definition) is 1. The van der Waals surface area contributed by atoms with Crippen LogP contribution in [0.3, 0.4) is 0 Å². The molecule has 6 nitrogen and oxygen atoms in total. The van der Waals surface area contributed by atoms with E-state index in [4.69, 9.17) is 10.5 Å². The summed E-state index contributed by atoms with van der Waals surface area (Å²) in [4.78, 5) is 0.0837. The van der Waals surface area contributed by atoms with Crippen LogP contribution in [0.5, 0.6) is 0 Å². The van der Waals surface area contributed by atoms with E-state index in [2.05, 4.69) is 5.32 Å². The fourth-order valence-corrected chi connectivity index (χ4v) is 3.12. The molecule has 0 aliphatic rings. The van der Waals surface area contributed by atoms with Gasteiger partial charge in [-0.15, -0.1) is 0 Å². The Hall–Kier alpha value is -1.93. The van der Waals surface area contributed by atoms with Crippen LogP contribution in [0.2, 0.25) is 0 Å². The molecule has 0 aromatic heterocycles. The van der Waals surface area contributed by atoms with Gasteiger partial charge in [0.1, 0.15) is 13.1 Å². The summed E-state index contributed by atoms with van der Waals surface area (Å²) in [7, 11) is -3.81. The van der Waals surface area contributed by atoms with Gasteiger partial charge in [-0.25, -0.2) is 8.42 Å². The average molecular weight is 306 g/mol. The zero-order chi connectivity index (χ0) is 15.9. The molecule has 0 radical (unpaired) electrons. The summed E-state index contributed by atoms with van der Waals surface area (Å²) in [5.74, 6) is 0. The first-order chi connectivity index (χ1) is 9.97. The summed E-state index contributed by atoms with van der Waals surface area (Å²) < 4.78 is 25.5. The fraction of sp³-hybridized carbons (Fsp3) is 0.429. The average Bonchev–Trinajstić information content (AvgIpc) is 2.47. The van der Waals surface area contributed by atoms with E-state index in [9.17, 15) is 8.42 Å². The summed E-state index contributed by atoms with van der Waals surface area (Å²) in [6, 6.07) is 10.1. The maximum Gasteiger partial charge on any atom is 0.244 e. The van der Waals surface area contributed by atoms with E-state index >= 15 is 0 Å². The zero-order valence-corrected chi connectivity index (χ0v) is 12.9. The molecule has 0 bridgehead atoms. The van der Waals surface area contributed by atoms with Crippen molar-refractivity contribution in [3.8, 4) is 12.1 Å². The van der Waals surface area contributed by atoms with E-state index in [-0.39, 0.29) is 24.0 Å². The van der Waals surface area contributed by atoms with Crippen molar-refractivity contribution in [2.75, 3.05) is 19.6 Å². The highest BCUT2D eigenvalue weighted by Gasteiger charge is 2.24. The topological polar surface area (TPSA) is 97.0 Å². The van der Waals surface area contributed by atoms with Gasteiger partial charge in [0.15, 0.2) is 0 Å². The Morgan fingerprint density at radius 1 is 1.19 bits per heavy atom. The first-order valence-electron chi connectivity index (χ1n) is 6.54. The number of nitrogens with zero attached hydrogens (tertiary/aromatic N) is 3. The number of nitriles is 2. The van der Waals surface area contributed by atoms with Crippen LogP contribution < -0.4 is 5.32 Å². The van der Waals surface area contributed by atoms with Crippen molar-refractivity contribution in [2.24, 2.45) is 0 Å². The summed E-state index contributed by atoms with van der Waals surface area (Å²) in [5.41, 5.74) is 0.975. The molecular weight excluding hydrogens is 288 g/mol. The predicted octanol–water partition coefficient (Wildman–Crippen LogP) is 1.39. The largest absolute Gasteiger partial charge is 0.310 e. The molecule has 0 saturated heterocycles. The van der Waals surface area contributed by atoms with Crippen molar-refractivity contribution < 1.29 is 8.42 Å². The third-order valence-electron chi connectivity index (χ3n) is 3.02. The van der Waals surface area contributed by atoms with E-state index in [0.29, 0.717) is 0 Å². The molecule has 1 atom stereocenters. The SMILES string of the molecule is CCNC(C)c1ccc(S(=O)(=O)N(CC#N)CC#N)cc1. The highest BCUT2D eigenvalue weighted by atomic mass is 32.2. The molecule has 21 heavy (non-hydrogen) atoms. The van der Waals surface area contributed by atoms with Gasteiger partial charge in [0.25, 0.3) is 0 Å². The molecule has 0 fully saturated rings. The van der Waals surface area contributed by atoms with Crippen LogP contribution in [0.1, 0.15) is 25.5 Å².